The van der Waals surface area contributed by atoms with Gasteiger partial charge in [0.15, 0.2) is 11.4 Å². The normalized spacial score (nSPS) is 36.2. The molecular weight excluding hydrogens is 632 g/mol. The first-order valence-electron chi connectivity index (χ1n) is 16.7. The SMILES string of the molecule is CC(=O)O[C@@]12COC1C[C@H](O)[C@@]1(C)C(=O)[C@H](O)C3=C(C)[C@@H](OC(=O)CCc4ccccc4)C[C@@](O)([C@@H](OC(=O)c4ccccc4)[C@@H]12)C3(C)C. The number of hydrogen-bond donors (Lipinski definition) is 3. The first-order chi connectivity index (χ1) is 23.1. The number of Topliss-reactive ketones (excluding diaryl/α,β-unsaturated/α-hetero) is 1. The van der Waals surface area contributed by atoms with Crippen LogP contribution in [0.3, 0.4) is 0 Å². The first kappa shape index (κ1) is 34.9. The summed E-state index contributed by atoms with van der Waals surface area (Å²) in [6.07, 6.45) is -6.91. The fourth-order valence-corrected chi connectivity index (χ4v) is 8.88. The Kier molecular flexibility index (Phi) is 8.88. The predicted molar refractivity (Wildman–Crippen MR) is 174 cm³/mol. The highest BCUT2D eigenvalue weighted by Gasteiger charge is 2.78. The molecule has 0 spiro atoms. The lowest BCUT2D eigenvalue weighted by Gasteiger charge is -2.67. The molecule has 0 radical (unpaired) electrons. The highest BCUT2D eigenvalue weighted by molar-refractivity contribution is 5.94. The molecule has 3 fully saturated rings. The minimum atomic E-state index is -2.14. The first-order valence-corrected chi connectivity index (χ1v) is 16.7. The van der Waals surface area contributed by atoms with Crippen LogP contribution < -0.4 is 0 Å². The van der Waals surface area contributed by atoms with Gasteiger partial charge in [0.05, 0.1) is 29.6 Å². The number of carbonyl (C=O) groups is 4. The summed E-state index contributed by atoms with van der Waals surface area (Å²) >= 11 is 0. The average Bonchev–Trinajstić information content (AvgIpc) is 3.06. The molecule has 1 unspecified atom stereocenters. The number of ether oxygens (including phenoxy) is 4. The number of hydrogen-bond acceptors (Lipinski definition) is 11. The summed E-state index contributed by atoms with van der Waals surface area (Å²) in [7, 11) is 0. The number of aliphatic hydroxyl groups is 3. The van der Waals surface area contributed by atoms with Gasteiger partial charge in [0.2, 0.25) is 0 Å². The highest BCUT2D eigenvalue weighted by atomic mass is 16.6. The molecule has 2 aromatic rings. The standard InChI is InChI=1S/C38H44O11/c1-21-25(47-28(41)17-16-23-12-8-6-9-13-23)19-38(45)33(48-34(44)24-14-10-7-11-15-24)31-36(5,32(43)30(42)29(21)35(38,3)4)26(40)18-27-37(31,20-46-27)49-22(2)39/h6-15,25-27,30-31,33,40,42,45H,16-20H2,1-5H3/t25-,26-,27?,30+,31-,33-,36+,37-,38+/m0/s1. The molecule has 49 heavy (non-hydrogen) atoms. The molecule has 2 bridgehead atoms. The number of esters is 3. The Morgan fingerprint density at radius 2 is 1.59 bits per heavy atom. The van der Waals surface area contributed by atoms with Crippen LogP contribution in [0.1, 0.15) is 69.8 Å². The maximum absolute atomic E-state index is 14.7. The van der Waals surface area contributed by atoms with Crippen LogP contribution in [0.15, 0.2) is 71.8 Å². The molecular formula is C38H44O11. The van der Waals surface area contributed by atoms with Crippen LogP contribution >= 0.6 is 0 Å². The van der Waals surface area contributed by atoms with Gasteiger partial charge in [0.25, 0.3) is 0 Å². The van der Waals surface area contributed by atoms with Crippen molar-refractivity contribution in [3.8, 4) is 0 Å². The molecule has 1 aliphatic heterocycles. The molecule has 1 saturated heterocycles. The number of aryl methyl sites for hydroxylation is 1. The van der Waals surface area contributed by atoms with Crippen molar-refractivity contribution in [2.24, 2.45) is 16.7 Å². The molecule has 1 heterocycles. The molecule has 11 heteroatoms. The Balaban J connectivity index is 1.51. The third kappa shape index (κ3) is 5.42. The molecule has 4 aliphatic rings. The van der Waals surface area contributed by atoms with E-state index in [0.717, 1.165) is 5.56 Å². The lowest BCUT2D eigenvalue weighted by atomic mass is 9.44. The number of rotatable bonds is 7. The van der Waals surface area contributed by atoms with Crippen molar-refractivity contribution in [1.29, 1.82) is 0 Å². The minimum Gasteiger partial charge on any atom is -0.458 e. The minimum absolute atomic E-state index is 0.0281. The van der Waals surface area contributed by atoms with Gasteiger partial charge < -0.3 is 34.3 Å². The number of ketones is 1. The number of aliphatic hydroxyl groups excluding tert-OH is 2. The Hall–Kier alpha value is -3.90. The van der Waals surface area contributed by atoms with Crippen molar-refractivity contribution < 1.29 is 53.4 Å². The smallest absolute Gasteiger partial charge is 0.338 e. The topological polar surface area (TPSA) is 166 Å². The van der Waals surface area contributed by atoms with Crippen LogP contribution in [0, 0.1) is 16.7 Å². The van der Waals surface area contributed by atoms with Crippen molar-refractivity contribution in [2.45, 2.75) is 102 Å². The Labute approximate surface area is 285 Å². The summed E-state index contributed by atoms with van der Waals surface area (Å²) in [5, 5.41) is 37.0. The van der Waals surface area contributed by atoms with Crippen molar-refractivity contribution in [3.05, 3.63) is 82.9 Å². The van der Waals surface area contributed by atoms with E-state index in [0.29, 0.717) is 12.0 Å². The van der Waals surface area contributed by atoms with E-state index in [9.17, 15) is 34.5 Å². The third-order valence-corrected chi connectivity index (χ3v) is 11.7. The van der Waals surface area contributed by atoms with Crippen LogP contribution in [0.4, 0.5) is 0 Å². The van der Waals surface area contributed by atoms with E-state index >= 15 is 0 Å². The van der Waals surface area contributed by atoms with Crippen molar-refractivity contribution in [3.63, 3.8) is 0 Å². The summed E-state index contributed by atoms with van der Waals surface area (Å²) < 4.78 is 24.1. The van der Waals surface area contributed by atoms with Crippen LogP contribution in [0.2, 0.25) is 0 Å². The summed E-state index contributed by atoms with van der Waals surface area (Å²) in [6, 6.07) is 17.5. The van der Waals surface area contributed by atoms with Gasteiger partial charge in [-0.2, -0.15) is 0 Å². The van der Waals surface area contributed by atoms with E-state index in [-0.39, 0.29) is 37.0 Å². The maximum Gasteiger partial charge on any atom is 0.338 e. The zero-order chi connectivity index (χ0) is 35.5. The molecule has 0 aromatic heterocycles. The monoisotopic (exact) mass is 676 g/mol. The van der Waals surface area contributed by atoms with Gasteiger partial charge in [-0.15, -0.1) is 0 Å². The molecule has 6 rings (SSSR count). The second-order valence-electron chi connectivity index (χ2n) is 14.6. The van der Waals surface area contributed by atoms with Crippen LogP contribution in [-0.2, 0) is 39.8 Å². The average molecular weight is 677 g/mol. The molecule has 2 saturated carbocycles. The zero-order valence-corrected chi connectivity index (χ0v) is 28.4. The highest BCUT2D eigenvalue weighted by Crippen LogP contribution is 2.64. The van der Waals surface area contributed by atoms with Gasteiger partial charge in [-0.25, -0.2) is 4.79 Å². The van der Waals surface area contributed by atoms with Gasteiger partial charge in [-0.3, -0.25) is 14.4 Å². The van der Waals surface area contributed by atoms with E-state index in [4.69, 9.17) is 18.9 Å². The summed E-state index contributed by atoms with van der Waals surface area (Å²) in [5.41, 5.74) is -5.55. The molecule has 262 valence electrons. The fourth-order valence-electron chi connectivity index (χ4n) is 8.88. The Morgan fingerprint density at radius 3 is 2.18 bits per heavy atom. The quantitative estimate of drug-likeness (QED) is 0.224. The molecule has 0 amide bonds. The van der Waals surface area contributed by atoms with Gasteiger partial charge >= 0.3 is 17.9 Å². The van der Waals surface area contributed by atoms with Gasteiger partial charge in [-0.1, -0.05) is 62.4 Å². The molecule has 3 N–H and O–H groups in total. The summed E-state index contributed by atoms with van der Waals surface area (Å²) in [5.74, 6) is -4.29. The van der Waals surface area contributed by atoms with Crippen molar-refractivity contribution >= 4 is 23.7 Å². The second-order valence-corrected chi connectivity index (χ2v) is 14.6. The third-order valence-electron chi connectivity index (χ3n) is 11.7. The van der Waals surface area contributed by atoms with E-state index in [1.165, 1.54) is 26.0 Å². The lowest BCUT2D eigenvalue weighted by molar-refractivity contribution is -0.345. The van der Waals surface area contributed by atoms with Gasteiger partial charge in [-0.05, 0) is 49.1 Å². The summed E-state index contributed by atoms with van der Waals surface area (Å²) in [6.45, 7) is 7.35. The van der Waals surface area contributed by atoms with Crippen molar-refractivity contribution in [1.82, 2.24) is 0 Å². The molecule has 3 aliphatic carbocycles. The molecule has 2 aromatic carbocycles. The second kappa shape index (κ2) is 12.5. The zero-order valence-electron chi connectivity index (χ0n) is 28.4. The van der Waals surface area contributed by atoms with E-state index in [2.05, 4.69) is 0 Å². The Morgan fingerprint density at radius 1 is 0.959 bits per heavy atom. The number of benzene rings is 2. The summed E-state index contributed by atoms with van der Waals surface area (Å²) in [4.78, 5) is 54.7. The number of carbonyl (C=O) groups excluding carboxylic acids is 4. The fraction of sp³-hybridized carbons (Fsp3) is 0.526. The predicted octanol–water partition coefficient (Wildman–Crippen LogP) is 3.27. The lowest BCUT2D eigenvalue weighted by Crippen LogP contribution is -2.81. The van der Waals surface area contributed by atoms with Crippen LogP contribution in [0.5, 0.6) is 0 Å². The van der Waals surface area contributed by atoms with E-state index in [1.807, 2.05) is 30.3 Å². The number of fused-ring (bicyclic) bond motifs is 5. The Bertz CT molecular complexity index is 1670. The van der Waals surface area contributed by atoms with Gasteiger partial charge in [0.1, 0.15) is 30.0 Å². The van der Waals surface area contributed by atoms with E-state index in [1.54, 1.807) is 39.0 Å². The molecule has 9 atom stereocenters. The largest absolute Gasteiger partial charge is 0.458 e. The van der Waals surface area contributed by atoms with E-state index < -0.39 is 82.2 Å². The van der Waals surface area contributed by atoms with Crippen LogP contribution in [-0.4, -0.2) is 87.3 Å². The van der Waals surface area contributed by atoms with Crippen LogP contribution in [0.25, 0.3) is 0 Å². The van der Waals surface area contributed by atoms with Crippen molar-refractivity contribution in [2.75, 3.05) is 6.61 Å². The maximum atomic E-state index is 14.7. The van der Waals surface area contributed by atoms with Gasteiger partial charge in [0, 0.05) is 31.6 Å². The molecule has 11 nitrogen and oxygen atoms in total.